The van der Waals surface area contributed by atoms with Gasteiger partial charge in [0.25, 0.3) is 11.5 Å². The molecule has 3 heterocycles. The molecule has 0 atom stereocenters. The molecule has 6 nitrogen and oxygen atoms in total. The lowest BCUT2D eigenvalue weighted by atomic mass is 9.94. The number of amides is 1. The predicted molar refractivity (Wildman–Crippen MR) is 102 cm³/mol. The van der Waals surface area contributed by atoms with Crippen molar-refractivity contribution in [2.45, 2.75) is 45.1 Å². The van der Waals surface area contributed by atoms with Gasteiger partial charge < -0.3 is 9.47 Å². The van der Waals surface area contributed by atoms with Crippen LogP contribution in [0.5, 0.6) is 0 Å². The van der Waals surface area contributed by atoms with Crippen molar-refractivity contribution in [3.63, 3.8) is 0 Å². The van der Waals surface area contributed by atoms with Gasteiger partial charge in [-0.15, -0.1) is 0 Å². The molecule has 1 aliphatic rings. The highest BCUT2D eigenvalue weighted by molar-refractivity contribution is 5.98. The highest BCUT2D eigenvalue weighted by atomic mass is 16.2. The van der Waals surface area contributed by atoms with Crippen molar-refractivity contribution in [1.82, 2.24) is 18.9 Å². The molecule has 26 heavy (non-hydrogen) atoms. The number of hydrogen-bond acceptors (Lipinski definition) is 3. The summed E-state index contributed by atoms with van der Waals surface area (Å²) in [7, 11) is 3.68. The highest BCUT2D eigenvalue weighted by Crippen LogP contribution is 2.24. The van der Waals surface area contributed by atoms with E-state index in [0.29, 0.717) is 22.4 Å². The highest BCUT2D eigenvalue weighted by Gasteiger charge is 2.26. The van der Waals surface area contributed by atoms with Crippen molar-refractivity contribution in [2.24, 2.45) is 7.05 Å². The summed E-state index contributed by atoms with van der Waals surface area (Å²) in [5, 5.41) is 0.482. The van der Waals surface area contributed by atoms with Gasteiger partial charge >= 0.3 is 0 Å². The van der Waals surface area contributed by atoms with Crippen LogP contribution in [0.3, 0.4) is 0 Å². The molecule has 0 radical (unpaired) electrons. The van der Waals surface area contributed by atoms with Gasteiger partial charge in [-0.25, -0.2) is 4.98 Å². The van der Waals surface area contributed by atoms with Crippen molar-refractivity contribution in [2.75, 3.05) is 7.05 Å². The molecule has 0 aromatic carbocycles. The first-order chi connectivity index (χ1) is 12.5. The summed E-state index contributed by atoms with van der Waals surface area (Å²) in [5.74, 6) is -0.0398. The zero-order chi connectivity index (χ0) is 18.4. The number of fused-ring (bicyclic) bond motifs is 2. The topological polar surface area (TPSA) is 59.6 Å². The number of aryl methyl sites for hydroxylation is 2. The molecule has 0 aliphatic heterocycles. The third-order valence-electron chi connectivity index (χ3n) is 5.61. The Balaban J connectivity index is 1.82. The lowest BCUT2D eigenvalue weighted by Gasteiger charge is -2.31. The SMILES string of the molecule is Cc1ccc2nc3c(cc(C(=O)N(C)C4CCCCC4)n3C)c(=O)n2c1. The molecule has 1 fully saturated rings. The van der Waals surface area contributed by atoms with Gasteiger partial charge in [-0.2, -0.15) is 0 Å². The van der Waals surface area contributed by atoms with Crippen LogP contribution in [0.25, 0.3) is 16.7 Å². The van der Waals surface area contributed by atoms with Gasteiger partial charge in [0.2, 0.25) is 0 Å². The van der Waals surface area contributed by atoms with Crippen LogP contribution in [0.15, 0.2) is 29.2 Å². The quantitative estimate of drug-likeness (QED) is 0.712. The first-order valence-corrected chi connectivity index (χ1v) is 9.23. The summed E-state index contributed by atoms with van der Waals surface area (Å²) in [4.78, 5) is 32.4. The Kier molecular flexibility index (Phi) is 4.05. The summed E-state index contributed by atoms with van der Waals surface area (Å²) in [6, 6.07) is 5.74. The van der Waals surface area contributed by atoms with Crippen LogP contribution in [-0.4, -0.2) is 37.8 Å². The molecule has 4 rings (SSSR count). The molecule has 0 bridgehead atoms. The largest absolute Gasteiger partial charge is 0.337 e. The maximum absolute atomic E-state index is 13.1. The van der Waals surface area contributed by atoms with Gasteiger partial charge in [0, 0.05) is 26.3 Å². The molecular formula is C20H24N4O2. The first-order valence-electron chi connectivity index (χ1n) is 9.23. The molecule has 6 heteroatoms. The van der Waals surface area contributed by atoms with Crippen LogP contribution in [0.1, 0.15) is 48.2 Å². The molecule has 1 aliphatic carbocycles. The fourth-order valence-electron chi connectivity index (χ4n) is 4.00. The van der Waals surface area contributed by atoms with Crippen LogP contribution >= 0.6 is 0 Å². The monoisotopic (exact) mass is 352 g/mol. The average molecular weight is 352 g/mol. The molecule has 3 aromatic rings. The van der Waals surface area contributed by atoms with E-state index in [0.717, 1.165) is 18.4 Å². The number of nitrogens with zero attached hydrogens (tertiary/aromatic N) is 4. The smallest absolute Gasteiger partial charge is 0.270 e. The third-order valence-corrected chi connectivity index (χ3v) is 5.61. The second kappa shape index (κ2) is 6.27. The normalized spacial score (nSPS) is 15.7. The number of pyridine rings is 1. The van der Waals surface area contributed by atoms with Crippen LogP contribution < -0.4 is 5.56 Å². The van der Waals surface area contributed by atoms with Crippen LogP contribution in [0.4, 0.5) is 0 Å². The Morgan fingerprint density at radius 1 is 1.23 bits per heavy atom. The Labute approximate surface area is 152 Å². The Morgan fingerprint density at radius 2 is 1.96 bits per heavy atom. The lowest BCUT2D eigenvalue weighted by molar-refractivity contribution is 0.0687. The van der Waals surface area contributed by atoms with E-state index < -0.39 is 0 Å². The number of carbonyl (C=O) groups excluding carboxylic acids is 1. The summed E-state index contributed by atoms with van der Waals surface area (Å²) in [6.45, 7) is 1.94. The summed E-state index contributed by atoms with van der Waals surface area (Å²) in [5.41, 5.74) is 2.52. The zero-order valence-corrected chi connectivity index (χ0v) is 15.5. The maximum atomic E-state index is 13.1. The second-order valence-corrected chi connectivity index (χ2v) is 7.39. The van der Waals surface area contributed by atoms with E-state index in [1.165, 1.54) is 19.3 Å². The molecule has 3 aromatic heterocycles. The Morgan fingerprint density at radius 3 is 2.69 bits per heavy atom. The predicted octanol–water partition coefficient (Wildman–Crippen LogP) is 2.90. The lowest BCUT2D eigenvalue weighted by Crippen LogP contribution is -2.39. The Hall–Kier alpha value is -2.63. The van der Waals surface area contributed by atoms with Crippen molar-refractivity contribution in [3.8, 4) is 0 Å². The van der Waals surface area contributed by atoms with Gasteiger partial charge in [-0.3, -0.25) is 14.0 Å². The van der Waals surface area contributed by atoms with E-state index >= 15 is 0 Å². The summed E-state index contributed by atoms with van der Waals surface area (Å²) >= 11 is 0. The molecule has 136 valence electrons. The molecule has 1 saturated carbocycles. The van der Waals surface area contributed by atoms with Crippen molar-refractivity contribution < 1.29 is 4.79 Å². The molecule has 1 amide bonds. The second-order valence-electron chi connectivity index (χ2n) is 7.39. The number of carbonyl (C=O) groups is 1. The van der Waals surface area contributed by atoms with E-state index in [-0.39, 0.29) is 17.5 Å². The number of hydrogen-bond donors (Lipinski definition) is 0. The minimum absolute atomic E-state index is 0.0398. The molecule has 0 N–H and O–H groups in total. The molecule has 0 unspecified atom stereocenters. The average Bonchev–Trinajstić information content (AvgIpc) is 2.99. The van der Waals surface area contributed by atoms with Crippen molar-refractivity contribution >= 4 is 22.6 Å². The summed E-state index contributed by atoms with van der Waals surface area (Å²) in [6.07, 6.45) is 7.48. The standard InChI is InChI=1S/C20H24N4O2/c1-13-9-10-17-21-18-15(19(25)24(17)12-13)11-16(23(18)3)20(26)22(2)14-7-5-4-6-8-14/h9-12,14H,4-8H2,1-3H3. The minimum Gasteiger partial charge on any atom is -0.337 e. The van der Waals surface area contributed by atoms with Crippen LogP contribution in [-0.2, 0) is 7.05 Å². The fourth-order valence-corrected chi connectivity index (χ4v) is 4.00. The number of rotatable bonds is 2. The molecule has 0 saturated heterocycles. The Bertz CT molecular complexity index is 1060. The molecular weight excluding hydrogens is 328 g/mol. The van der Waals surface area contributed by atoms with E-state index in [9.17, 15) is 9.59 Å². The van der Waals surface area contributed by atoms with E-state index in [1.54, 1.807) is 28.3 Å². The zero-order valence-electron chi connectivity index (χ0n) is 15.5. The van der Waals surface area contributed by atoms with Crippen molar-refractivity contribution in [1.29, 1.82) is 0 Å². The van der Waals surface area contributed by atoms with E-state index in [1.807, 2.05) is 31.0 Å². The van der Waals surface area contributed by atoms with Gasteiger partial charge in [-0.05, 0) is 37.5 Å². The van der Waals surface area contributed by atoms with Gasteiger partial charge in [0.05, 0.1) is 5.39 Å². The van der Waals surface area contributed by atoms with Crippen LogP contribution in [0, 0.1) is 6.92 Å². The van der Waals surface area contributed by atoms with Crippen molar-refractivity contribution in [3.05, 3.63) is 46.0 Å². The minimum atomic E-state index is -0.135. The van der Waals surface area contributed by atoms with Gasteiger partial charge in [0.15, 0.2) is 0 Å². The van der Waals surface area contributed by atoms with Crippen LogP contribution in [0.2, 0.25) is 0 Å². The third kappa shape index (κ3) is 2.60. The first kappa shape index (κ1) is 16.8. The van der Waals surface area contributed by atoms with E-state index in [2.05, 4.69) is 4.98 Å². The van der Waals surface area contributed by atoms with Gasteiger partial charge in [0.1, 0.15) is 17.0 Å². The van der Waals surface area contributed by atoms with Gasteiger partial charge in [-0.1, -0.05) is 25.3 Å². The molecule has 0 spiro atoms. The summed E-state index contributed by atoms with van der Waals surface area (Å²) < 4.78 is 3.30. The van der Waals surface area contributed by atoms with E-state index in [4.69, 9.17) is 0 Å². The fraction of sp³-hybridized carbons (Fsp3) is 0.450. The number of aromatic nitrogens is 3. The maximum Gasteiger partial charge on any atom is 0.270 e.